The summed E-state index contributed by atoms with van der Waals surface area (Å²) in [6.07, 6.45) is 0.116. The van der Waals surface area contributed by atoms with Crippen LogP contribution in [0.1, 0.15) is 24.9 Å². The molecular formula is C13H13FN2O4. The second kappa shape index (κ2) is 5.28. The number of rotatable bonds is 4. The van der Waals surface area contributed by atoms with Gasteiger partial charge >= 0.3 is 12.0 Å². The van der Waals surface area contributed by atoms with Crippen molar-refractivity contribution in [2.45, 2.75) is 25.4 Å². The molecule has 1 aliphatic rings. The molecular weight excluding hydrogens is 267 g/mol. The topological polar surface area (TPSA) is 86.7 Å². The Labute approximate surface area is 114 Å². The second-order valence-electron chi connectivity index (χ2n) is 4.40. The first-order valence-corrected chi connectivity index (χ1v) is 6.07. The summed E-state index contributed by atoms with van der Waals surface area (Å²) in [5.74, 6) is -2.34. The lowest BCUT2D eigenvalue weighted by Gasteiger charge is -2.19. The quantitative estimate of drug-likeness (QED) is 0.813. The number of carbonyl (C=O) groups excluding carboxylic acids is 2. The molecule has 0 spiro atoms. The lowest BCUT2D eigenvalue weighted by Crippen LogP contribution is -2.45. The van der Waals surface area contributed by atoms with Crippen LogP contribution >= 0.6 is 0 Å². The smallest absolute Gasteiger partial charge is 0.326 e. The van der Waals surface area contributed by atoms with Crippen LogP contribution < -0.4 is 5.32 Å². The van der Waals surface area contributed by atoms with Crippen LogP contribution in [-0.4, -0.2) is 34.0 Å². The molecule has 106 valence electrons. The number of nitrogens with one attached hydrogen (secondary N) is 1. The minimum Gasteiger partial charge on any atom is -0.480 e. The van der Waals surface area contributed by atoms with Crippen molar-refractivity contribution < 1.29 is 23.9 Å². The van der Waals surface area contributed by atoms with E-state index in [0.29, 0.717) is 10.5 Å². The Kier molecular flexibility index (Phi) is 3.69. The van der Waals surface area contributed by atoms with Crippen LogP contribution in [0, 0.1) is 5.82 Å². The molecule has 0 bridgehead atoms. The van der Waals surface area contributed by atoms with E-state index in [1.165, 1.54) is 24.3 Å². The molecule has 0 aromatic heterocycles. The van der Waals surface area contributed by atoms with Gasteiger partial charge in [-0.25, -0.2) is 18.9 Å². The van der Waals surface area contributed by atoms with E-state index >= 15 is 0 Å². The van der Waals surface area contributed by atoms with Crippen molar-refractivity contribution in [2.24, 2.45) is 0 Å². The number of amides is 3. The van der Waals surface area contributed by atoms with Crippen LogP contribution in [0.2, 0.25) is 0 Å². The van der Waals surface area contributed by atoms with Crippen molar-refractivity contribution in [1.29, 1.82) is 0 Å². The van der Waals surface area contributed by atoms with Gasteiger partial charge in [-0.15, -0.1) is 0 Å². The lowest BCUT2D eigenvalue weighted by molar-refractivity contribution is -0.146. The highest BCUT2D eigenvalue weighted by Crippen LogP contribution is 2.24. The van der Waals surface area contributed by atoms with E-state index in [2.05, 4.69) is 5.32 Å². The molecule has 1 fully saturated rings. The van der Waals surface area contributed by atoms with E-state index in [-0.39, 0.29) is 6.42 Å². The Morgan fingerprint density at radius 1 is 1.40 bits per heavy atom. The number of benzene rings is 1. The molecule has 7 heteroatoms. The van der Waals surface area contributed by atoms with Crippen molar-refractivity contribution >= 4 is 17.9 Å². The van der Waals surface area contributed by atoms with Crippen molar-refractivity contribution in [3.05, 3.63) is 35.6 Å². The van der Waals surface area contributed by atoms with Gasteiger partial charge < -0.3 is 10.4 Å². The molecule has 1 aromatic rings. The van der Waals surface area contributed by atoms with E-state index in [0.717, 1.165) is 0 Å². The number of halogens is 1. The molecule has 0 aliphatic carbocycles. The van der Waals surface area contributed by atoms with Crippen molar-refractivity contribution in [3.63, 3.8) is 0 Å². The zero-order valence-corrected chi connectivity index (χ0v) is 10.7. The van der Waals surface area contributed by atoms with Gasteiger partial charge in [0, 0.05) is 0 Å². The normalized spacial score (nSPS) is 19.9. The molecule has 1 saturated heterocycles. The monoisotopic (exact) mass is 280 g/mol. The van der Waals surface area contributed by atoms with E-state index in [1.54, 1.807) is 6.92 Å². The molecule has 0 saturated carbocycles. The van der Waals surface area contributed by atoms with Crippen LogP contribution in [0.25, 0.3) is 0 Å². The Hall–Kier alpha value is -2.44. The maximum Gasteiger partial charge on any atom is 0.326 e. The maximum atomic E-state index is 12.9. The first-order chi connectivity index (χ1) is 9.45. The van der Waals surface area contributed by atoms with Crippen LogP contribution in [0.5, 0.6) is 0 Å². The highest BCUT2D eigenvalue weighted by Gasteiger charge is 2.44. The van der Waals surface area contributed by atoms with Crippen LogP contribution in [-0.2, 0) is 9.59 Å². The predicted octanol–water partition coefficient (Wildman–Crippen LogP) is 1.28. The number of imide groups is 1. The molecule has 3 amide bonds. The standard InChI is InChI=1S/C13H13FN2O4/c1-2-9(12(18)19)16-11(17)10(15-13(16)20)7-3-5-8(14)6-4-7/h3-6,9-10H,2H2,1H3,(H,15,20)(H,18,19). The summed E-state index contributed by atoms with van der Waals surface area (Å²) in [7, 11) is 0. The minimum atomic E-state index is -1.24. The Balaban J connectivity index is 2.28. The zero-order chi connectivity index (χ0) is 14.9. The average molecular weight is 280 g/mol. The lowest BCUT2D eigenvalue weighted by atomic mass is 10.1. The molecule has 2 rings (SSSR count). The van der Waals surface area contributed by atoms with E-state index in [9.17, 15) is 18.8 Å². The fourth-order valence-corrected chi connectivity index (χ4v) is 2.14. The van der Waals surface area contributed by atoms with Crippen molar-refractivity contribution in [2.75, 3.05) is 0 Å². The SMILES string of the molecule is CCC(C(=O)O)N1C(=O)NC(c2ccc(F)cc2)C1=O. The van der Waals surface area contributed by atoms with Gasteiger partial charge in [0.05, 0.1) is 0 Å². The summed E-state index contributed by atoms with van der Waals surface area (Å²) in [6.45, 7) is 1.57. The highest BCUT2D eigenvalue weighted by atomic mass is 19.1. The van der Waals surface area contributed by atoms with Crippen LogP contribution in [0.15, 0.2) is 24.3 Å². The summed E-state index contributed by atoms with van der Waals surface area (Å²) in [5, 5.41) is 11.4. The number of urea groups is 1. The molecule has 2 unspecified atom stereocenters. The van der Waals surface area contributed by atoms with Gasteiger partial charge in [0.1, 0.15) is 17.9 Å². The van der Waals surface area contributed by atoms with Gasteiger partial charge in [-0.05, 0) is 24.1 Å². The van der Waals surface area contributed by atoms with Crippen molar-refractivity contribution in [3.8, 4) is 0 Å². The summed E-state index contributed by atoms with van der Waals surface area (Å²) < 4.78 is 12.9. The van der Waals surface area contributed by atoms with E-state index in [1.807, 2.05) is 0 Å². The number of nitrogens with zero attached hydrogens (tertiary/aromatic N) is 1. The molecule has 1 aromatic carbocycles. The number of hydrogen-bond donors (Lipinski definition) is 2. The van der Waals surface area contributed by atoms with Crippen LogP contribution in [0.4, 0.5) is 9.18 Å². The van der Waals surface area contributed by atoms with Gasteiger partial charge in [0.25, 0.3) is 5.91 Å². The van der Waals surface area contributed by atoms with Gasteiger partial charge in [-0.3, -0.25) is 4.79 Å². The van der Waals surface area contributed by atoms with E-state index in [4.69, 9.17) is 5.11 Å². The summed E-state index contributed by atoms with van der Waals surface area (Å²) in [4.78, 5) is 35.8. The average Bonchev–Trinajstić information content (AvgIpc) is 2.68. The Morgan fingerprint density at radius 3 is 2.50 bits per heavy atom. The molecule has 2 atom stereocenters. The largest absolute Gasteiger partial charge is 0.480 e. The Bertz CT molecular complexity index is 558. The second-order valence-corrected chi connectivity index (χ2v) is 4.40. The number of carboxylic acid groups (broad SMARTS) is 1. The van der Waals surface area contributed by atoms with Crippen LogP contribution in [0.3, 0.4) is 0 Å². The van der Waals surface area contributed by atoms with Gasteiger partial charge in [-0.1, -0.05) is 19.1 Å². The number of carbonyl (C=O) groups is 3. The third kappa shape index (κ3) is 2.34. The summed E-state index contributed by atoms with van der Waals surface area (Å²) in [5.41, 5.74) is 0.410. The highest BCUT2D eigenvalue weighted by molar-refractivity contribution is 6.07. The summed E-state index contributed by atoms with van der Waals surface area (Å²) in [6, 6.07) is 2.17. The maximum absolute atomic E-state index is 12.9. The fraction of sp³-hybridized carbons (Fsp3) is 0.308. The van der Waals surface area contributed by atoms with Gasteiger partial charge in [0.2, 0.25) is 0 Å². The third-order valence-electron chi connectivity index (χ3n) is 3.16. The molecule has 2 N–H and O–H groups in total. The number of aliphatic carboxylic acids is 1. The molecule has 0 radical (unpaired) electrons. The summed E-state index contributed by atoms with van der Waals surface area (Å²) >= 11 is 0. The molecule has 6 nitrogen and oxygen atoms in total. The molecule has 1 aliphatic heterocycles. The first kappa shape index (κ1) is 14.0. The van der Waals surface area contributed by atoms with E-state index < -0.39 is 35.8 Å². The van der Waals surface area contributed by atoms with Crippen molar-refractivity contribution in [1.82, 2.24) is 10.2 Å². The predicted molar refractivity (Wildman–Crippen MR) is 66.2 cm³/mol. The third-order valence-corrected chi connectivity index (χ3v) is 3.16. The number of hydrogen-bond acceptors (Lipinski definition) is 3. The first-order valence-electron chi connectivity index (χ1n) is 6.07. The van der Waals surface area contributed by atoms with Gasteiger partial charge in [0.15, 0.2) is 0 Å². The molecule has 1 heterocycles. The minimum absolute atomic E-state index is 0.116. The number of carboxylic acids is 1. The van der Waals surface area contributed by atoms with Gasteiger partial charge in [-0.2, -0.15) is 0 Å². The Morgan fingerprint density at radius 2 is 2.00 bits per heavy atom. The zero-order valence-electron chi connectivity index (χ0n) is 10.7. The molecule has 20 heavy (non-hydrogen) atoms. The fourth-order valence-electron chi connectivity index (χ4n) is 2.14.